The van der Waals surface area contributed by atoms with Crippen LogP contribution in [0.3, 0.4) is 0 Å². The van der Waals surface area contributed by atoms with Crippen LogP contribution in [0.4, 0.5) is 0 Å². The second kappa shape index (κ2) is 21.5. The van der Waals surface area contributed by atoms with Crippen molar-refractivity contribution in [1.29, 1.82) is 0 Å². The maximum Gasteiger partial charge on any atom is 0.308 e. The summed E-state index contributed by atoms with van der Waals surface area (Å²) in [5.41, 5.74) is 0.167. The van der Waals surface area contributed by atoms with Crippen LogP contribution >= 0.6 is 0 Å². The highest BCUT2D eigenvalue weighted by atomic mass is 16.5. The third kappa shape index (κ3) is 17.5. The summed E-state index contributed by atoms with van der Waals surface area (Å²) in [6.07, 6.45) is 31.7. The van der Waals surface area contributed by atoms with Gasteiger partial charge in [-0.25, -0.2) is 0 Å². The highest BCUT2D eigenvalue weighted by Gasteiger charge is 2.29. The van der Waals surface area contributed by atoms with Gasteiger partial charge in [0.2, 0.25) is 0 Å². The van der Waals surface area contributed by atoms with Crippen LogP contribution < -0.4 is 0 Å². The van der Waals surface area contributed by atoms with E-state index in [4.69, 9.17) is 4.74 Å². The average molecular weight is 493 g/mol. The first-order valence-corrected chi connectivity index (χ1v) is 16.2. The summed E-state index contributed by atoms with van der Waals surface area (Å²) in [5, 5.41) is 0. The predicted molar refractivity (Wildman–Crippen MR) is 154 cm³/mol. The van der Waals surface area contributed by atoms with Crippen molar-refractivity contribution in [3.63, 3.8) is 0 Å². The fourth-order valence-corrected chi connectivity index (χ4v) is 5.85. The molecule has 0 aromatic rings. The Kier molecular flexibility index (Phi) is 20.0. The molecular formula is C33H64O2. The van der Waals surface area contributed by atoms with E-state index in [0.29, 0.717) is 6.61 Å². The van der Waals surface area contributed by atoms with E-state index in [1.165, 1.54) is 141 Å². The van der Waals surface area contributed by atoms with Crippen molar-refractivity contribution >= 4 is 5.97 Å². The SMILES string of the molecule is CCCCCCCCCCCCC(C)(CCCCCCCCCC)COC(=O)C1CCC(C)CC1. The maximum absolute atomic E-state index is 12.8. The summed E-state index contributed by atoms with van der Waals surface area (Å²) in [6.45, 7) is 9.94. The van der Waals surface area contributed by atoms with Crippen LogP contribution in [0.1, 0.15) is 182 Å². The summed E-state index contributed by atoms with van der Waals surface area (Å²) in [7, 11) is 0. The average Bonchev–Trinajstić information content (AvgIpc) is 2.86. The zero-order valence-corrected chi connectivity index (χ0v) is 24.6. The number of hydrogen-bond acceptors (Lipinski definition) is 2. The van der Waals surface area contributed by atoms with Gasteiger partial charge in [0.05, 0.1) is 12.5 Å². The van der Waals surface area contributed by atoms with Gasteiger partial charge in [-0.15, -0.1) is 0 Å². The maximum atomic E-state index is 12.8. The smallest absolute Gasteiger partial charge is 0.308 e. The Labute approximate surface area is 221 Å². The summed E-state index contributed by atoms with van der Waals surface area (Å²) < 4.78 is 6.01. The van der Waals surface area contributed by atoms with E-state index in [2.05, 4.69) is 27.7 Å². The normalized spacial score (nSPS) is 20.0. The molecule has 0 bridgehead atoms. The Morgan fingerprint density at radius 1 is 0.629 bits per heavy atom. The molecule has 0 N–H and O–H groups in total. The van der Waals surface area contributed by atoms with Crippen LogP contribution in [0.25, 0.3) is 0 Å². The van der Waals surface area contributed by atoms with Crippen molar-refractivity contribution in [2.24, 2.45) is 17.3 Å². The first-order valence-electron chi connectivity index (χ1n) is 16.2. The zero-order valence-electron chi connectivity index (χ0n) is 24.6. The molecule has 0 aromatic carbocycles. The van der Waals surface area contributed by atoms with Crippen molar-refractivity contribution in [2.45, 2.75) is 182 Å². The van der Waals surface area contributed by atoms with E-state index >= 15 is 0 Å². The van der Waals surface area contributed by atoms with Gasteiger partial charge in [-0.05, 0) is 44.4 Å². The largest absolute Gasteiger partial charge is 0.465 e. The molecular weight excluding hydrogens is 428 g/mol. The summed E-state index contributed by atoms with van der Waals surface area (Å²) in [6, 6.07) is 0. The van der Waals surface area contributed by atoms with E-state index in [-0.39, 0.29) is 17.3 Å². The molecule has 0 aromatic heterocycles. The molecule has 1 fully saturated rings. The number of ether oxygens (including phenoxy) is 1. The first kappa shape index (κ1) is 32.5. The second-order valence-corrected chi connectivity index (χ2v) is 12.5. The van der Waals surface area contributed by atoms with Crippen molar-refractivity contribution < 1.29 is 9.53 Å². The quantitative estimate of drug-likeness (QED) is 0.105. The monoisotopic (exact) mass is 492 g/mol. The molecule has 1 aliphatic rings. The van der Waals surface area contributed by atoms with Crippen molar-refractivity contribution in [1.82, 2.24) is 0 Å². The van der Waals surface area contributed by atoms with Crippen LogP contribution in [0, 0.1) is 17.3 Å². The topological polar surface area (TPSA) is 26.3 Å². The Morgan fingerprint density at radius 2 is 1.00 bits per heavy atom. The van der Waals surface area contributed by atoms with Crippen molar-refractivity contribution in [2.75, 3.05) is 6.61 Å². The molecule has 0 radical (unpaired) electrons. The lowest BCUT2D eigenvalue weighted by Crippen LogP contribution is -2.29. The molecule has 0 spiro atoms. The molecule has 2 nitrogen and oxygen atoms in total. The Hall–Kier alpha value is -0.530. The fraction of sp³-hybridized carbons (Fsp3) is 0.970. The predicted octanol–water partition coefficient (Wildman–Crippen LogP) is 11.2. The molecule has 0 amide bonds. The van der Waals surface area contributed by atoms with Crippen LogP contribution in [0.2, 0.25) is 0 Å². The lowest BCUT2D eigenvalue weighted by molar-refractivity contribution is -0.153. The van der Waals surface area contributed by atoms with E-state index < -0.39 is 0 Å². The summed E-state index contributed by atoms with van der Waals surface area (Å²) in [4.78, 5) is 12.8. The molecule has 1 rings (SSSR count). The molecule has 1 saturated carbocycles. The van der Waals surface area contributed by atoms with Gasteiger partial charge in [0, 0.05) is 5.41 Å². The number of unbranched alkanes of at least 4 members (excludes halogenated alkanes) is 16. The molecule has 1 atom stereocenters. The molecule has 0 saturated heterocycles. The Morgan fingerprint density at radius 3 is 1.40 bits per heavy atom. The first-order chi connectivity index (χ1) is 17.0. The highest BCUT2D eigenvalue weighted by molar-refractivity contribution is 5.72. The molecule has 1 aliphatic carbocycles. The second-order valence-electron chi connectivity index (χ2n) is 12.5. The number of esters is 1. The Balaban J connectivity index is 2.32. The van der Waals surface area contributed by atoms with Gasteiger partial charge in [-0.1, -0.05) is 143 Å². The summed E-state index contributed by atoms with van der Waals surface area (Å²) >= 11 is 0. The molecule has 208 valence electrons. The minimum absolute atomic E-state index is 0.0992. The molecule has 1 unspecified atom stereocenters. The molecule has 0 heterocycles. The van der Waals surface area contributed by atoms with E-state index in [0.717, 1.165) is 18.8 Å². The lowest BCUT2D eigenvalue weighted by atomic mass is 9.80. The number of rotatable bonds is 23. The minimum atomic E-state index is 0.0992. The molecule has 35 heavy (non-hydrogen) atoms. The van der Waals surface area contributed by atoms with E-state index in [1.807, 2.05) is 0 Å². The van der Waals surface area contributed by atoms with Gasteiger partial charge in [0.25, 0.3) is 0 Å². The number of carbonyl (C=O) groups excluding carboxylic acids is 1. The van der Waals surface area contributed by atoms with Gasteiger partial charge in [0.15, 0.2) is 0 Å². The van der Waals surface area contributed by atoms with Gasteiger partial charge in [0.1, 0.15) is 0 Å². The Bertz CT molecular complexity index is 479. The van der Waals surface area contributed by atoms with Gasteiger partial charge in [-0.2, -0.15) is 0 Å². The third-order valence-electron chi connectivity index (χ3n) is 8.68. The zero-order chi connectivity index (χ0) is 25.6. The van der Waals surface area contributed by atoms with Crippen LogP contribution in [-0.4, -0.2) is 12.6 Å². The molecule has 0 aliphatic heterocycles. The van der Waals surface area contributed by atoms with Crippen molar-refractivity contribution in [3.8, 4) is 0 Å². The van der Waals surface area contributed by atoms with Gasteiger partial charge in [-0.3, -0.25) is 4.79 Å². The molecule has 2 heteroatoms. The number of hydrogen-bond donors (Lipinski definition) is 0. The highest BCUT2D eigenvalue weighted by Crippen LogP contribution is 2.34. The fourth-order valence-electron chi connectivity index (χ4n) is 5.85. The van der Waals surface area contributed by atoms with Gasteiger partial charge >= 0.3 is 5.97 Å². The lowest BCUT2D eigenvalue weighted by Gasteiger charge is -2.31. The van der Waals surface area contributed by atoms with Crippen LogP contribution in [0.15, 0.2) is 0 Å². The van der Waals surface area contributed by atoms with Crippen LogP contribution in [-0.2, 0) is 9.53 Å². The standard InChI is InChI=1S/C33H64O2/c1-5-7-9-11-13-15-16-18-20-22-28-33(4,27-21-19-17-14-12-10-8-6-2)29-35-32(34)31-25-23-30(3)24-26-31/h30-31H,5-29H2,1-4H3. The number of carbonyl (C=O) groups is 1. The minimum Gasteiger partial charge on any atom is -0.465 e. The van der Waals surface area contributed by atoms with Gasteiger partial charge < -0.3 is 4.74 Å². The van der Waals surface area contributed by atoms with E-state index in [9.17, 15) is 4.79 Å². The third-order valence-corrected chi connectivity index (χ3v) is 8.68. The van der Waals surface area contributed by atoms with E-state index in [1.54, 1.807) is 0 Å². The summed E-state index contributed by atoms with van der Waals surface area (Å²) in [5.74, 6) is 1.04. The van der Waals surface area contributed by atoms with Crippen molar-refractivity contribution in [3.05, 3.63) is 0 Å². The van der Waals surface area contributed by atoms with Crippen LogP contribution in [0.5, 0.6) is 0 Å².